The highest BCUT2D eigenvalue weighted by molar-refractivity contribution is 6.24. The van der Waals surface area contributed by atoms with Crippen LogP contribution in [0.1, 0.15) is 6.92 Å². The van der Waals surface area contributed by atoms with E-state index in [9.17, 15) is 18.8 Å². The first kappa shape index (κ1) is 18.1. The zero-order chi connectivity index (χ0) is 20.2. The topological polar surface area (TPSA) is 102 Å². The summed E-state index contributed by atoms with van der Waals surface area (Å²) < 4.78 is 15.2. The average Bonchev–Trinajstić information content (AvgIpc) is 3.03. The molecule has 146 valence electrons. The Balaban J connectivity index is 1.77. The van der Waals surface area contributed by atoms with Gasteiger partial charge in [-0.3, -0.25) is 19.4 Å². The van der Waals surface area contributed by atoms with Gasteiger partial charge >= 0.3 is 12.0 Å². The largest absolute Gasteiger partial charge is 0.397 e. The summed E-state index contributed by atoms with van der Waals surface area (Å²) >= 11 is 0. The van der Waals surface area contributed by atoms with Gasteiger partial charge in [0.1, 0.15) is 18.0 Å². The van der Waals surface area contributed by atoms with Gasteiger partial charge < -0.3 is 5.73 Å². The summed E-state index contributed by atoms with van der Waals surface area (Å²) in [5.74, 6) is -0.611. The molecule has 0 bridgehead atoms. The van der Waals surface area contributed by atoms with Crippen LogP contribution in [0, 0.1) is 11.7 Å². The van der Waals surface area contributed by atoms with E-state index in [-0.39, 0.29) is 11.7 Å². The number of urea groups is 1. The fourth-order valence-corrected chi connectivity index (χ4v) is 3.84. The third-order valence-corrected chi connectivity index (χ3v) is 5.09. The second-order valence-electron chi connectivity index (χ2n) is 7.25. The van der Waals surface area contributed by atoms with Crippen LogP contribution >= 0.6 is 0 Å². The number of guanidine groups is 1. The van der Waals surface area contributed by atoms with Crippen molar-refractivity contribution in [3.8, 4) is 0 Å². The Hall–Kier alpha value is -3.30. The number of amidine groups is 1. The lowest BCUT2D eigenvalue weighted by Gasteiger charge is -2.34. The molecule has 1 saturated heterocycles. The highest BCUT2D eigenvalue weighted by Crippen LogP contribution is 2.28. The monoisotopic (exact) mass is 387 g/mol. The Morgan fingerprint density at radius 3 is 2.64 bits per heavy atom. The Labute approximate surface area is 160 Å². The van der Waals surface area contributed by atoms with Crippen LogP contribution in [0.2, 0.25) is 0 Å². The first-order valence-corrected chi connectivity index (χ1v) is 8.90. The number of amides is 4. The molecule has 10 heteroatoms. The second kappa shape index (κ2) is 6.39. The number of aliphatic imine (C=N–C) groups is 1. The van der Waals surface area contributed by atoms with Crippen molar-refractivity contribution in [3.05, 3.63) is 30.1 Å². The number of carbonyl (C=O) groups excluding carboxylic acids is 3. The summed E-state index contributed by atoms with van der Waals surface area (Å²) in [6.45, 7) is 2.75. The Morgan fingerprint density at radius 1 is 1.32 bits per heavy atom. The van der Waals surface area contributed by atoms with E-state index in [0.29, 0.717) is 24.9 Å². The average molecular weight is 387 g/mol. The summed E-state index contributed by atoms with van der Waals surface area (Å²) in [6.07, 6.45) is 0. The molecule has 2 atom stereocenters. The molecule has 4 amide bonds. The predicted molar refractivity (Wildman–Crippen MR) is 98.3 cm³/mol. The number of nitrogens with two attached hydrogens (primary N) is 1. The lowest BCUT2D eigenvalue weighted by atomic mass is 10.1. The van der Waals surface area contributed by atoms with E-state index in [1.807, 2.05) is 16.4 Å². The fraction of sp³-hybridized carbons (Fsp3) is 0.389. The molecule has 9 nitrogen and oxygen atoms in total. The maximum Gasteiger partial charge on any atom is 0.397 e. The number of carbonyl (C=O) groups is 3. The van der Waals surface area contributed by atoms with Crippen LogP contribution in [0.15, 0.2) is 29.3 Å². The summed E-state index contributed by atoms with van der Waals surface area (Å²) in [4.78, 5) is 45.5. The molecule has 0 saturated carbocycles. The van der Waals surface area contributed by atoms with Crippen LogP contribution < -0.4 is 10.6 Å². The highest BCUT2D eigenvalue weighted by atomic mass is 19.1. The van der Waals surface area contributed by atoms with Gasteiger partial charge in [0.25, 0.3) is 5.91 Å². The van der Waals surface area contributed by atoms with Gasteiger partial charge in [-0.15, -0.1) is 0 Å². The van der Waals surface area contributed by atoms with Gasteiger partial charge in [0, 0.05) is 13.0 Å². The molecular weight excluding hydrogens is 367 g/mol. The number of primary amides is 1. The molecule has 1 fully saturated rings. The minimum absolute atomic E-state index is 0.184. The molecule has 28 heavy (non-hydrogen) atoms. The molecule has 2 unspecified atom stereocenters. The number of benzene rings is 1. The number of anilines is 1. The zero-order valence-corrected chi connectivity index (χ0v) is 15.5. The number of hydrogen-bond acceptors (Lipinski definition) is 5. The summed E-state index contributed by atoms with van der Waals surface area (Å²) in [7, 11) is 1.51. The number of hydrogen-bond donors (Lipinski definition) is 1. The van der Waals surface area contributed by atoms with Gasteiger partial charge in [0.15, 0.2) is 0 Å². The van der Waals surface area contributed by atoms with Crippen LogP contribution in [-0.2, 0) is 9.59 Å². The molecule has 1 aromatic carbocycles. The standard InChI is InChI=1S/C18H19FN6O3/c1-10-7-23(12-5-3-11(19)4-6-12)17-21-15-14(24(17)8-10)16(27)25(9-13(20)26)18(28)22(15)2/h3-6,10,14H,7-9H2,1-2H3,(H-,20,26)/p+1. The van der Waals surface area contributed by atoms with Gasteiger partial charge in [-0.2, -0.15) is 0 Å². The number of likely N-dealkylation sites (N-methyl/N-ethyl adjacent to an activating group) is 1. The smallest absolute Gasteiger partial charge is 0.368 e. The first-order chi connectivity index (χ1) is 13.3. The third-order valence-electron chi connectivity index (χ3n) is 5.09. The van der Waals surface area contributed by atoms with Gasteiger partial charge in [-0.1, -0.05) is 11.9 Å². The number of imide groups is 1. The maximum absolute atomic E-state index is 13.3. The molecule has 0 aromatic heterocycles. The van der Waals surface area contributed by atoms with Crippen LogP contribution in [0.4, 0.5) is 14.9 Å². The molecule has 3 aliphatic heterocycles. The first-order valence-electron chi connectivity index (χ1n) is 8.90. The highest BCUT2D eigenvalue weighted by Gasteiger charge is 2.55. The Kier molecular flexibility index (Phi) is 4.13. The quantitative estimate of drug-likeness (QED) is 0.726. The van der Waals surface area contributed by atoms with Crippen molar-refractivity contribution in [3.63, 3.8) is 0 Å². The molecule has 3 heterocycles. The third kappa shape index (κ3) is 2.72. The molecule has 0 aliphatic carbocycles. The molecule has 1 aromatic rings. The van der Waals surface area contributed by atoms with Crippen molar-refractivity contribution >= 4 is 35.3 Å². The number of rotatable bonds is 3. The maximum atomic E-state index is 13.3. The van der Waals surface area contributed by atoms with Crippen LogP contribution in [0.3, 0.4) is 0 Å². The van der Waals surface area contributed by atoms with Crippen molar-refractivity contribution in [2.75, 3.05) is 31.6 Å². The number of halogens is 1. The van der Waals surface area contributed by atoms with Gasteiger partial charge in [-0.25, -0.2) is 18.7 Å². The van der Waals surface area contributed by atoms with E-state index < -0.39 is 30.4 Å². The molecule has 4 rings (SSSR count). The van der Waals surface area contributed by atoms with Crippen molar-refractivity contribution < 1.29 is 23.3 Å². The molecule has 0 spiro atoms. The lowest BCUT2D eigenvalue weighted by molar-refractivity contribution is -0.545. The molecule has 0 radical (unpaired) electrons. The van der Waals surface area contributed by atoms with Crippen molar-refractivity contribution in [2.45, 2.75) is 13.0 Å². The summed E-state index contributed by atoms with van der Waals surface area (Å²) in [6, 6.07) is 4.59. The minimum atomic E-state index is -0.803. The molecule has 2 N–H and O–H groups in total. The van der Waals surface area contributed by atoms with E-state index in [1.165, 1.54) is 24.1 Å². The van der Waals surface area contributed by atoms with E-state index in [2.05, 4.69) is 4.99 Å². The van der Waals surface area contributed by atoms with Crippen LogP contribution in [0.25, 0.3) is 0 Å². The SMILES string of the molecule is CC1CN(c2ccc(F)cc2)C2=[N+](C1)C1C(=O)N(CC(N)=O)C(=O)N(C)C1=N2. The van der Waals surface area contributed by atoms with Crippen molar-refractivity contribution in [2.24, 2.45) is 16.6 Å². The summed E-state index contributed by atoms with van der Waals surface area (Å²) in [5.41, 5.74) is 5.94. The van der Waals surface area contributed by atoms with Crippen molar-refractivity contribution in [1.82, 2.24) is 9.80 Å². The van der Waals surface area contributed by atoms with E-state index in [0.717, 1.165) is 10.6 Å². The Morgan fingerprint density at radius 2 is 2.00 bits per heavy atom. The molecular formula is C18H20FN6O3+. The van der Waals surface area contributed by atoms with Gasteiger partial charge in [-0.05, 0) is 24.3 Å². The molecule has 3 aliphatic rings. The lowest BCUT2D eigenvalue weighted by Crippen LogP contribution is -2.64. The fourth-order valence-electron chi connectivity index (χ4n) is 3.84. The van der Waals surface area contributed by atoms with E-state index in [1.54, 1.807) is 12.1 Å². The van der Waals surface area contributed by atoms with E-state index >= 15 is 0 Å². The van der Waals surface area contributed by atoms with Gasteiger partial charge in [0.2, 0.25) is 17.8 Å². The normalized spacial score (nSPS) is 24.4. The minimum Gasteiger partial charge on any atom is -0.368 e. The number of nitrogens with zero attached hydrogens (tertiary/aromatic N) is 5. The van der Waals surface area contributed by atoms with Crippen LogP contribution in [-0.4, -0.2) is 76.7 Å². The summed E-state index contributed by atoms with van der Waals surface area (Å²) in [5, 5.41) is 0. The number of fused-ring (bicyclic) bond motifs is 2. The van der Waals surface area contributed by atoms with E-state index in [4.69, 9.17) is 5.73 Å². The predicted octanol–water partition coefficient (Wildman–Crippen LogP) is -0.190. The Bertz CT molecular complexity index is 941. The zero-order valence-electron chi connectivity index (χ0n) is 15.5. The second-order valence-corrected chi connectivity index (χ2v) is 7.25. The van der Waals surface area contributed by atoms with Crippen molar-refractivity contribution in [1.29, 1.82) is 0 Å². The van der Waals surface area contributed by atoms with Gasteiger partial charge in [0.05, 0.1) is 13.1 Å². The van der Waals surface area contributed by atoms with Crippen LogP contribution in [0.5, 0.6) is 0 Å².